The van der Waals surface area contributed by atoms with E-state index < -0.39 is 0 Å². The predicted octanol–water partition coefficient (Wildman–Crippen LogP) is 3.09. The number of carbonyl (C=O) groups excluding carboxylic acids is 3. The Bertz CT molecular complexity index is 892. The van der Waals surface area contributed by atoms with Crippen LogP contribution in [0.5, 0.6) is 0 Å². The lowest BCUT2D eigenvalue weighted by molar-refractivity contribution is -0.140. The van der Waals surface area contributed by atoms with Crippen LogP contribution in [-0.4, -0.2) is 71.7 Å². The first-order chi connectivity index (χ1) is 15.5. The summed E-state index contributed by atoms with van der Waals surface area (Å²) in [6.07, 6.45) is 7.49. The van der Waals surface area contributed by atoms with Crippen molar-refractivity contribution in [1.82, 2.24) is 14.7 Å². The molecule has 4 rings (SSSR count). The second kappa shape index (κ2) is 9.86. The summed E-state index contributed by atoms with van der Waals surface area (Å²) >= 11 is 0. The number of benzene rings is 1. The van der Waals surface area contributed by atoms with Crippen molar-refractivity contribution in [2.75, 3.05) is 38.5 Å². The number of nitrogens with one attached hydrogen (secondary N) is 1. The van der Waals surface area contributed by atoms with E-state index in [9.17, 15) is 14.4 Å². The normalized spacial score (nSPS) is 21.7. The third-order valence-corrected chi connectivity index (χ3v) is 6.84. The smallest absolute Gasteiger partial charge is 0.278 e. The van der Waals surface area contributed by atoms with Crippen LogP contribution in [0.2, 0.25) is 0 Å². The summed E-state index contributed by atoms with van der Waals surface area (Å²) in [4.78, 5) is 44.7. The second-order valence-corrected chi connectivity index (χ2v) is 9.25. The van der Waals surface area contributed by atoms with E-state index >= 15 is 0 Å². The molecule has 1 N–H and O–H groups in total. The third kappa shape index (κ3) is 4.72. The molecule has 0 atom stereocenters. The standard InChI is InChI=1S/C25H34N4O3/c1-18(30)26-20-12-10-19(11-13-20)22-23(28-16-14-27(2)15-17-28)25(32)29(24(22)31)21-8-6-4-3-5-7-9-21/h10-13,21H,3-9,14-17H2,1-2H3,(H,26,30). The number of hydrogen-bond donors (Lipinski definition) is 1. The molecule has 7 heteroatoms. The summed E-state index contributed by atoms with van der Waals surface area (Å²) in [5.41, 5.74) is 2.48. The number of anilines is 1. The molecule has 0 unspecified atom stereocenters. The SMILES string of the molecule is CC(=O)Nc1ccc(C2=C(N3CCN(C)CC3)C(=O)N(C3CCCCCCC3)C2=O)cc1. The number of nitrogens with zero attached hydrogens (tertiary/aromatic N) is 3. The maximum atomic E-state index is 13.7. The molecule has 2 heterocycles. The van der Waals surface area contributed by atoms with Crippen LogP contribution in [0.3, 0.4) is 0 Å². The fourth-order valence-electron chi connectivity index (χ4n) is 5.07. The van der Waals surface area contributed by atoms with Crippen molar-refractivity contribution in [3.8, 4) is 0 Å². The molecule has 3 aliphatic rings. The summed E-state index contributed by atoms with van der Waals surface area (Å²) in [6, 6.07) is 7.24. The van der Waals surface area contributed by atoms with Crippen molar-refractivity contribution >= 4 is 29.0 Å². The van der Waals surface area contributed by atoms with Gasteiger partial charge in [0.15, 0.2) is 0 Å². The Kier molecular flexibility index (Phi) is 6.94. The van der Waals surface area contributed by atoms with Crippen molar-refractivity contribution in [2.24, 2.45) is 0 Å². The van der Waals surface area contributed by atoms with Crippen molar-refractivity contribution in [3.05, 3.63) is 35.5 Å². The Labute approximate surface area is 190 Å². The van der Waals surface area contributed by atoms with Gasteiger partial charge in [-0.05, 0) is 37.6 Å². The fourth-order valence-corrected chi connectivity index (χ4v) is 5.07. The van der Waals surface area contributed by atoms with Gasteiger partial charge in [0.25, 0.3) is 11.8 Å². The van der Waals surface area contributed by atoms with E-state index in [0.29, 0.717) is 17.0 Å². The molecule has 1 aromatic carbocycles. The molecule has 0 radical (unpaired) electrons. The van der Waals surface area contributed by atoms with Crippen LogP contribution in [0.25, 0.3) is 5.57 Å². The lowest BCUT2D eigenvalue weighted by Gasteiger charge is -2.35. The quantitative estimate of drug-likeness (QED) is 0.732. The summed E-state index contributed by atoms with van der Waals surface area (Å²) in [5.74, 6) is -0.439. The van der Waals surface area contributed by atoms with Gasteiger partial charge in [0.2, 0.25) is 5.91 Å². The van der Waals surface area contributed by atoms with E-state index in [2.05, 4.69) is 22.2 Å². The van der Waals surface area contributed by atoms with E-state index in [1.807, 2.05) is 12.1 Å². The Morgan fingerprint density at radius 3 is 2.06 bits per heavy atom. The van der Waals surface area contributed by atoms with E-state index in [4.69, 9.17) is 0 Å². The molecule has 2 aliphatic heterocycles. The highest BCUT2D eigenvalue weighted by Crippen LogP contribution is 2.36. The van der Waals surface area contributed by atoms with Gasteiger partial charge in [0, 0.05) is 44.8 Å². The first kappa shape index (κ1) is 22.5. The monoisotopic (exact) mass is 438 g/mol. The first-order valence-corrected chi connectivity index (χ1v) is 11.9. The number of carbonyl (C=O) groups is 3. The molecule has 1 aromatic rings. The zero-order valence-electron chi connectivity index (χ0n) is 19.2. The number of imide groups is 1. The van der Waals surface area contributed by atoms with Gasteiger partial charge in [-0.3, -0.25) is 19.3 Å². The minimum Gasteiger partial charge on any atom is -0.364 e. The number of hydrogen-bond acceptors (Lipinski definition) is 5. The van der Waals surface area contributed by atoms with E-state index in [1.54, 1.807) is 17.0 Å². The maximum Gasteiger partial charge on any atom is 0.278 e. The highest BCUT2D eigenvalue weighted by atomic mass is 16.2. The largest absolute Gasteiger partial charge is 0.364 e. The van der Waals surface area contributed by atoms with Gasteiger partial charge in [0.1, 0.15) is 5.70 Å². The average Bonchev–Trinajstić information content (AvgIpc) is 2.99. The van der Waals surface area contributed by atoms with Crippen LogP contribution in [0.1, 0.15) is 57.4 Å². The molecule has 0 aromatic heterocycles. The van der Waals surface area contributed by atoms with Crippen molar-refractivity contribution < 1.29 is 14.4 Å². The summed E-state index contributed by atoms with van der Waals surface area (Å²) in [7, 11) is 2.08. The van der Waals surface area contributed by atoms with Gasteiger partial charge in [-0.15, -0.1) is 0 Å². The Morgan fingerprint density at radius 2 is 1.47 bits per heavy atom. The van der Waals surface area contributed by atoms with Crippen LogP contribution in [0, 0.1) is 0 Å². The number of likely N-dealkylation sites (N-methyl/N-ethyl adjacent to an activating group) is 1. The van der Waals surface area contributed by atoms with Gasteiger partial charge in [-0.25, -0.2) is 0 Å². The zero-order chi connectivity index (χ0) is 22.7. The van der Waals surface area contributed by atoms with Crippen molar-refractivity contribution in [3.63, 3.8) is 0 Å². The highest BCUT2D eigenvalue weighted by Gasteiger charge is 2.44. The van der Waals surface area contributed by atoms with E-state index in [1.165, 1.54) is 26.2 Å². The molecule has 0 bridgehead atoms. The number of rotatable bonds is 4. The van der Waals surface area contributed by atoms with Crippen molar-refractivity contribution in [2.45, 2.75) is 57.9 Å². The second-order valence-electron chi connectivity index (χ2n) is 9.25. The molecule has 7 nitrogen and oxygen atoms in total. The van der Waals surface area contributed by atoms with E-state index in [0.717, 1.165) is 57.4 Å². The summed E-state index contributed by atoms with van der Waals surface area (Å²) < 4.78 is 0. The molecule has 1 saturated heterocycles. The first-order valence-electron chi connectivity index (χ1n) is 11.9. The van der Waals surface area contributed by atoms with Gasteiger partial charge in [-0.1, -0.05) is 44.2 Å². The van der Waals surface area contributed by atoms with Gasteiger partial charge in [-0.2, -0.15) is 0 Å². The third-order valence-electron chi connectivity index (χ3n) is 6.84. The summed E-state index contributed by atoms with van der Waals surface area (Å²) in [6.45, 7) is 4.66. The zero-order valence-corrected chi connectivity index (χ0v) is 19.2. The molecule has 2 fully saturated rings. The van der Waals surface area contributed by atoms with Crippen LogP contribution >= 0.6 is 0 Å². The average molecular weight is 439 g/mol. The molecular formula is C25H34N4O3. The van der Waals surface area contributed by atoms with Crippen LogP contribution in [0.4, 0.5) is 5.69 Å². The highest BCUT2D eigenvalue weighted by molar-refractivity contribution is 6.35. The molecule has 3 amide bonds. The van der Waals surface area contributed by atoms with Crippen LogP contribution < -0.4 is 5.32 Å². The minimum atomic E-state index is -0.165. The minimum absolute atomic E-state index is 0.0195. The van der Waals surface area contributed by atoms with Crippen LogP contribution in [0.15, 0.2) is 30.0 Å². The molecular weight excluding hydrogens is 404 g/mol. The lowest BCUT2D eigenvalue weighted by atomic mass is 9.95. The summed E-state index contributed by atoms with van der Waals surface area (Å²) in [5, 5.41) is 2.76. The number of amides is 3. The molecule has 172 valence electrons. The van der Waals surface area contributed by atoms with Gasteiger partial charge in [0.05, 0.1) is 5.57 Å². The number of piperazine rings is 1. The Balaban J connectivity index is 1.68. The van der Waals surface area contributed by atoms with E-state index in [-0.39, 0.29) is 23.8 Å². The molecule has 1 aliphatic carbocycles. The predicted molar refractivity (Wildman–Crippen MR) is 125 cm³/mol. The maximum absolute atomic E-state index is 13.7. The lowest BCUT2D eigenvalue weighted by Crippen LogP contribution is -2.47. The molecule has 0 spiro atoms. The Hall–Kier alpha value is -2.67. The topological polar surface area (TPSA) is 73.0 Å². The fraction of sp³-hybridized carbons (Fsp3) is 0.560. The van der Waals surface area contributed by atoms with Gasteiger partial charge >= 0.3 is 0 Å². The Morgan fingerprint density at radius 1 is 0.875 bits per heavy atom. The van der Waals surface area contributed by atoms with Crippen LogP contribution in [-0.2, 0) is 14.4 Å². The van der Waals surface area contributed by atoms with Crippen molar-refractivity contribution in [1.29, 1.82) is 0 Å². The van der Waals surface area contributed by atoms with Gasteiger partial charge < -0.3 is 15.1 Å². The molecule has 1 saturated carbocycles. The molecule has 32 heavy (non-hydrogen) atoms.